The van der Waals surface area contributed by atoms with Gasteiger partial charge in [-0.2, -0.15) is 9.40 Å². The minimum atomic E-state index is -3.56. The van der Waals surface area contributed by atoms with Crippen LogP contribution in [0.1, 0.15) is 10.5 Å². The minimum absolute atomic E-state index is 0.106. The van der Waals surface area contributed by atoms with Crippen molar-refractivity contribution in [2.24, 2.45) is 7.05 Å². The number of sulfonamides is 1. The van der Waals surface area contributed by atoms with Gasteiger partial charge in [0.05, 0.1) is 23.1 Å². The van der Waals surface area contributed by atoms with E-state index in [0.29, 0.717) is 32.0 Å². The number of morpholine rings is 1. The number of hydrogen-bond donors (Lipinski definition) is 1. The Morgan fingerprint density at radius 2 is 1.88 bits per heavy atom. The Labute approximate surface area is 150 Å². The number of hydrogen-bond acceptors (Lipinski definition) is 5. The number of ether oxygens (including phenoxy) is 1. The predicted molar refractivity (Wildman–Crippen MR) is 92.2 cm³/mol. The maximum absolute atomic E-state index is 12.5. The minimum Gasteiger partial charge on any atom is -0.379 e. The molecule has 0 aliphatic carbocycles. The number of nitrogens with one attached hydrogen (secondary N) is 1. The molecule has 2 heterocycles. The summed E-state index contributed by atoms with van der Waals surface area (Å²) in [6.07, 6.45) is 1.52. The van der Waals surface area contributed by atoms with Crippen molar-refractivity contribution in [3.05, 3.63) is 41.2 Å². The Morgan fingerprint density at radius 1 is 1.24 bits per heavy atom. The van der Waals surface area contributed by atoms with E-state index >= 15 is 0 Å². The van der Waals surface area contributed by atoms with E-state index in [4.69, 9.17) is 16.3 Å². The van der Waals surface area contributed by atoms with Crippen LogP contribution in [0.25, 0.3) is 0 Å². The summed E-state index contributed by atoms with van der Waals surface area (Å²) in [6, 6.07) is 5.98. The lowest BCUT2D eigenvalue weighted by molar-refractivity contribution is 0.0730. The Hall–Kier alpha value is -1.94. The SMILES string of the molecule is Cn1cc(Cl)c(C(=O)Nc2ccc(S(=O)(=O)N3CCOCC3)cc2)n1. The number of nitrogens with zero attached hydrogens (tertiary/aromatic N) is 3. The summed E-state index contributed by atoms with van der Waals surface area (Å²) in [4.78, 5) is 12.3. The van der Waals surface area contributed by atoms with Crippen molar-refractivity contribution in [1.82, 2.24) is 14.1 Å². The molecular formula is C15H17ClN4O4S. The summed E-state index contributed by atoms with van der Waals surface area (Å²) >= 11 is 5.94. The van der Waals surface area contributed by atoms with Crippen LogP contribution in [0.5, 0.6) is 0 Å². The van der Waals surface area contributed by atoms with Crippen molar-refractivity contribution in [2.75, 3.05) is 31.6 Å². The summed E-state index contributed by atoms with van der Waals surface area (Å²) < 4.78 is 33.1. The summed E-state index contributed by atoms with van der Waals surface area (Å²) in [5, 5.41) is 6.87. The van der Waals surface area contributed by atoms with E-state index in [2.05, 4.69) is 10.4 Å². The van der Waals surface area contributed by atoms with Crippen LogP contribution >= 0.6 is 11.6 Å². The van der Waals surface area contributed by atoms with E-state index in [-0.39, 0.29) is 15.6 Å². The summed E-state index contributed by atoms with van der Waals surface area (Å²) in [5.74, 6) is -0.464. The first kappa shape index (κ1) is 17.9. The summed E-state index contributed by atoms with van der Waals surface area (Å²) in [5.41, 5.74) is 0.557. The zero-order valence-corrected chi connectivity index (χ0v) is 15.0. The van der Waals surface area contributed by atoms with Crippen molar-refractivity contribution in [1.29, 1.82) is 0 Å². The standard InChI is InChI=1S/C15H17ClN4O4S/c1-19-10-13(16)14(18-19)15(21)17-11-2-4-12(5-3-11)25(22,23)20-6-8-24-9-7-20/h2-5,10H,6-9H2,1H3,(H,17,21). The molecule has 0 spiro atoms. The van der Waals surface area contributed by atoms with Gasteiger partial charge in [-0.3, -0.25) is 9.48 Å². The molecule has 2 aromatic rings. The molecule has 1 aromatic carbocycles. The van der Waals surface area contributed by atoms with Crippen LogP contribution in [0, 0.1) is 0 Å². The second kappa shape index (κ2) is 7.12. The average molecular weight is 385 g/mol. The molecule has 0 atom stereocenters. The fourth-order valence-corrected chi connectivity index (χ4v) is 4.12. The lowest BCUT2D eigenvalue weighted by Crippen LogP contribution is -2.40. The number of rotatable bonds is 4. The molecule has 1 aromatic heterocycles. The number of carbonyl (C=O) groups excluding carboxylic acids is 1. The third-order valence-corrected chi connectivity index (χ3v) is 5.91. The summed E-state index contributed by atoms with van der Waals surface area (Å²) in [7, 11) is -1.90. The van der Waals surface area contributed by atoms with Gasteiger partial charge in [0.25, 0.3) is 5.91 Å². The van der Waals surface area contributed by atoms with Crippen LogP contribution in [0.2, 0.25) is 5.02 Å². The summed E-state index contributed by atoms with van der Waals surface area (Å²) in [6.45, 7) is 1.44. The number of anilines is 1. The van der Waals surface area contributed by atoms with Crippen LogP contribution in [0.15, 0.2) is 35.4 Å². The molecule has 1 fully saturated rings. The van der Waals surface area contributed by atoms with E-state index in [1.807, 2.05) is 0 Å². The van der Waals surface area contributed by atoms with E-state index < -0.39 is 15.9 Å². The van der Waals surface area contributed by atoms with Gasteiger partial charge in [-0.05, 0) is 24.3 Å². The maximum atomic E-state index is 12.5. The molecule has 0 saturated carbocycles. The van der Waals surface area contributed by atoms with E-state index in [0.717, 1.165) is 0 Å². The zero-order chi connectivity index (χ0) is 18.0. The van der Waals surface area contributed by atoms with E-state index in [9.17, 15) is 13.2 Å². The number of carbonyl (C=O) groups is 1. The van der Waals surface area contributed by atoms with Gasteiger partial charge in [0, 0.05) is 32.0 Å². The van der Waals surface area contributed by atoms with Crippen LogP contribution in [0.3, 0.4) is 0 Å². The molecule has 10 heteroatoms. The van der Waals surface area contributed by atoms with Crippen molar-refractivity contribution < 1.29 is 17.9 Å². The fourth-order valence-electron chi connectivity index (χ4n) is 2.45. The first-order valence-corrected chi connectivity index (χ1v) is 9.38. The van der Waals surface area contributed by atoms with Gasteiger partial charge in [0.15, 0.2) is 5.69 Å². The predicted octanol–water partition coefficient (Wildman–Crippen LogP) is 1.35. The molecule has 1 saturated heterocycles. The fraction of sp³-hybridized carbons (Fsp3) is 0.333. The smallest absolute Gasteiger partial charge is 0.277 e. The molecule has 1 aliphatic rings. The molecule has 25 heavy (non-hydrogen) atoms. The lowest BCUT2D eigenvalue weighted by atomic mass is 10.3. The normalized spacial score (nSPS) is 15.9. The molecule has 134 valence electrons. The number of amides is 1. The largest absolute Gasteiger partial charge is 0.379 e. The zero-order valence-electron chi connectivity index (χ0n) is 13.5. The molecule has 0 radical (unpaired) electrons. The van der Waals surface area contributed by atoms with Crippen molar-refractivity contribution in [2.45, 2.75) is 4.90 Å². The Balaban J connectivity index is 1.74. The second-order valence-corrected chi connectivity index (χ2v) is 7.84. The van der Waals surface area contributed by atoms with Gasteiger partial charge in [-0.15, -0.1) is 0 Å². The molecule has 0 unspecified atom stereocenters. The quantitative estimate of drug-likeness (QED) is 0.858. The van der Waals surface area contributed by atoms with Gasteiger partial charge in [-0.25, -0.2) is 8.42 Å². The van der Waals surface area contributed by atoms with E-state index in [1.54, 1.807) is 7.05 Å². The van der Waals surface area contributed by atoms with E-state index in [1.165, 1.54) is 39.4 Å². The highest BCUT2D eigenvalue weighted by Gasteiger charge is 2.26. The Kier molecular flexibility index (Phi) is 5.09. The van der Waals surface area contributed by atoms with Crippen molar-refractivity contribution in [3.8, 4) is 0 Å². The van der Waals surface area contributed by atoms with Gasteiger partial charge >= 0.3 is 0 Å². The maximum Gasteiger partial charge on any atom is 0.277 e. The molecule has 1 aliphatic heterocycles. The van der Waals surface area contributed by atoms with Crippen molar-refractivity contribution >= 4 is 33.2 Å². The molecule has 1 N–H and O–H groups in total. The second-order valence-electron chi connectivity index (χ2n) is 5.49. The average Bonchev–Trinajstić information content (AvgIpc) is 2.94. The highest BCUT2D eigenvalue weighted by Crippen LogP contribution is 2.20. The first-order chi connectivity index (χ1) is 11.9. The molecular weight excluding hydrogens is 368 g/mol. The third kappa shape index (κ3) is 3.84. The molecule has 8 nitrogen and oxygen atoms in total. The lowest BCUT2D eigenvalue weighted by Gasteiger charge is -2.26. The number of benzene rings is 1. The highest BCUT2D eigenvalue weighted by atomic mass is 35.5. The number of aryl methyl sites for hydroxylation is 1. The van der Waals surface area contributed by atoms with Gasteiger partial charge in [-0.1, -0.05) is 11.6 Å². The van der Waals surface area contributed by atoms with Crippen molar-refractivity contribution in [3.63, 3.8) is 0 Å². The van der Waals surface area contributed by atoms with Crippen LogP contribution < -0.4 is 5.32 Å². The molecule has 0 bridgehead atoms. The Bertz CT molecular complexity index is 873. The molecule has 1 amide bonds. The van der Waals surface area contributed by atoms with Crippen LogP contribution in [0.4, 0.5) is 5.69 Å². The Morgan fingerprint density at radius 3 is 2.44 bits per heavy atom. The van der Waals surface area contributed by atoms with Gasteiger partial charge < -0.3 is 10.1 Å². The molecule has 3 rings (SSSR count). The topological polar surface area (TPSA) is 93.5 Å². The van der Waals surface area contributed by atoms with Gasteiger partial charge in [0.2, 0.25) is 10.0 Å². The highest BCUT2D eigenvalue weighted by molar-refractivity contribution is 7.89. The number of aromatic nitrogens is 2. The van der Waals surface area contributed by atoms with Crippen LogP contribution in [-0.2, 0) is 21.8 Å². The third-order valence-electron chi connectivity index (χ3n) is 3.72. The number of halogens is 1. The monoisotopic (exact) mass is 384 g/mol. The van der Waals surface area contributed by atoms with Gasteiger partial charge in [0.1, 0.15) is 0 Å². The van der Waals surface area contributed by atoms with Crippen LogP contribution in [-0.4, -0.2) is 54.7 Å². The first-order valence-electron chi connectivity index (χ1n) is 7.56.